The molecule has 2 N–H and O–H groups in total. The lowest BCUT2D eigenvalue weighted by molar-refractivity contribution is -0.142. The van der Waals surface area contributed by atoms with E-state index in [1.54, 1.807) is 0 Å². The summed E-state index contributed by atoms with van der Waals surface area (Å²) in [6.45, 7) is 0.996. The van der Waals surface area contributed by atoms with Gasteiger partial charge in [0.2, 0.25) is 0 Å². The molecule has 1 aliphatic carbocycles. The summed E-state index contributed by atoms with van der Waals surface area (Å²) in [5, 5.41) is 19.3. The van der Waals surface area contributed by atoms with Gasteiger partial charge in [-0.05, 0) is 62.1 Å². The highest BCUT2D eigenvalue weighted by molar-refractivity contribution is 5.67. The fourth-order valence-electron chi connectivity index (χ4n) is 3.99. The lowest BCUT2D eigenvalue weighted by atomic mass is 9.89. The van der Waals surface area contributed by atoms with Gasteiger partial charge in [0.05, 0.1) is 19.1 Å². The van der Waals surface area contributed by atoms with Crippen LogP contribution in [0.5, 0.6) is 5.75 Å². The Hall–Kier alpha value is -2.05. The van der Waals surface area contributed by atoms with E-state index < -0.39 is 12.1 Å². The highest BCUT2D eigenvalue weighted by Crippen LogP contribution is 2.37. The molecule has 0 amide bonds. The van der Waals surface area contributed by atoms with E-state index in [1.165, 1.54) is 0 Å². The van der Waals surface area contributed by atoms with Crippen molar-refractivity contribution in [2.24, 2.45) is 11.8 Å². The molecule has 1 aromatic rings. The Bertz CT molecular complexity index is 638. The SMILES string of the molecule is O=C(O)CC1C(O)CCC1C/C=C(/COc1ccccc1)OC1CCCCO1. The van der Waals surface area contributed by atoms with Crippen molar-refractivity contribution < 1.29 is 29.2 Å². The van der Waals surface area contributed by atoms with Crippen LogP contribution in [0.3, 0.4) is 0 Å². The van der Waals surface area contributed by atoms with Crippen LogP contribution in [-0.2, 0) is 14.3 Å². The average Bonchev–Trinajstić information content (AvgIpc) is 3.04. The summed E-state index contributed by atoms with van der Waals surface area (Å²) in [6.07, 6.45) is 6.30. The summed E-state index contributed by atoms with van der Waals surface area (Å²) >= 11 is 0. The minimum atomic E-state index is -0.862. The van der Waals surface area contributed by atoms with Crippen molar-refractivity contribution in [2.75, 3.05) is 13.2 Å². The fourth-order valence-corrected chi connectivity index (χ4v) is 3.99. The van der Waals surface area contributed by atoms with Crippen molar-refractivity contribution in [1.82, 2.24) is 0 Å². The van der Waals surface area contributed by atoms with Gasteiger partial charge in [-0.25, -0.2) is 0 Å². The molecule has 4 atom stereocenters. The summed E-state index contributed by atoms with van der Waals surface area (Å²) in [5.41, 5.74) is 0. The second-order valence-corrected chi connectivity index (χ2v) is 7.59. The third-order valence-electron chi connectivity index (χ3n) is 5.54. The third-order valence-corrected chi connectivity index (χ3v) is 5.54. The zero-order chi connectivity index (χ0) is 19.8. The lowest BCUT2D eigenvalue weighted by Crippen LogP contribution is -2.24. The fraction of sp³-hybridized carbons (Fsp3) is 0.591. The number of aliphatic hydroxyl groups excluding tert-OH is 1. The predicted octanol–water partition coefficient (Wildman–Crippen LogP) is 3.74. The Balaban J connectivity index is 1.63. The normalized spacial score (nSPS) is 28.1. The number of rotatable bonds is 9. The van der Waals surface area contributed by atoms with E-state index in [9.17, 15) is 9.90 Å². The van der Waals surface area contributed by atoms with E-state index in [0.717, 1.165) is 31.4 Å². The van der Waals surface area contributed by atoms with E-state index in [1.807, 2.05) is 36.4 Å². The maximum absolute atomic E-state index is 11.1. The van der Waals surface area contributed by atoms with Crippen molar-refractivity contribution in [3.63, 3.8) is 0 Å². The van der Waals surface area contributed by atoms with Crippen LogP contribution >= 0.6 is 0 Å². The van der Waals surface area contributed by atoms with Gasteiger partial charge in [0.15, 0.2) is 6.29 Å². The Morgan fingerprint density at radius 1 is 1.18 bits per heavy atom. The van der Waals surface area contributed by atoms with Crippen LogP contribution in [0.25, 0.3) is 0 Å². The minimum Gasteiger partial charge on any atom is -0.486 e. The van der Waals surface area contributed by atoms with E-state index in [0.29, 0.717) is 31.8 Å². The second-order valence-electron chi connectivity index (χ2n) is 7.59. The van der Waals surface area contributed by atoms with Gasteiger partial charge < -0.3 is 24.4 Å². The number of aliphatic hydroxyl groups is 1. The molecule has 6 heteroatoms. The van der Waals surface area contributed by atoms with Crippen molar-refractivity contribution in [1.29, 1.82) is 0 Å². The van der Waals surface area contributed by atoms with Crippen molar-refractivity contribution >= 4 is 5.97 Å². The first-order valence-corrected chi connectivity index (χ1v) is 10.2. The number of aliphatic carboxylic acids is 1. The van der Waals surface area contributed by atoms with E-state index >= 15 is 0 Å². The summed E-state index contributed by atoms with van der Waals surface area (Å²) in [6, 6.07) is 9.56. The predicted molar refractivity (Wildman–Crippen MR) is 104 cm³/mol. The monoisotopic (exact) mass is 390 g/mol. The molecule has 3 rings (SSSR count). The van der Waals surface area contributed by atoms with Crippen molar-refractivity contribution in [2.45, 2.75) is 57.3 Å². The molecule has 6 nitrogen and oxygen atoms in total. The molecule has 1 heterocycles. The molecule has 0 spiro atoms. The number of ether oxygens (including phenoxy) is 3. The standard InChI is InChI=1S/C22H30O6/c23-20-12-10-16(19(20)14-21(24)25)9-11-18(28-22-8-4-5-13-26-22)15-27-17-6-2-1-3-7-17/h1-3,6-7,11,16,19-20,22-23H,4-5,8-10,12-15H2,(H,24,25)/b18-11-. The first-order valence-electron chi connectivity index (χ1n) is 10.2. The lowest BCUT2D eigenvalue weighted by Gasteiger charge is -2.25. The molecule has 1 aromatic carbocycles. The molecule has 28 heavy (non-hydrogen) atoms. The molecular formula is C22H30O6. The quantitative estimate of drug-likeness (QED) is 0.625. The smallest absolute Gasteiger partial charge is 0.303 e. The molecule has 1 aliphatic heterocycles. The summed E-state index contributed by atoms with van der Waals surface area (Å²) in [7, 11) is 0. The highest BCUT2D eigenvalue weighted by Gasteiger charge is 2.35. The van der Waals surface area contributed by atoms with Gasteiger partial charge in [-0.1, -0.05) is 18.2 Å². The molecule has 2 fully saturated rings. The van der Waals surface area contributed by atoms with E-state index in [-0.39, 0.29) is 24.5 Å². The molecule has 1 saturated carbocycles. The third kappa shape index (κ3) is 6.24. The number of allylic oxidation sites excluding steroid dienone is 1. The maximum Gasteiger partial charge on any atom is 0.303 e. The molecule has 4 unspecified atom stereocenters. The summed E-state index contributed by atoms with van der Waals surface area (Å²) < 4.78 is 17.6. The molecule has 2 aliphatic rings. The van der Waals surface area contributed by atoms with Crippen molar-refractivity contribution in [3.05, 3.63) is 42.2 Å². The summed E-state index contributed by atoms with van der Waals surface area (Å²) in [4.78, 5) is 11.1. The molecule has 0 radical (unpaired) electrons. The van der Waals surface area contributed by atoms with Gasteiger partial charge in [-0.3, -0.25) is 4.79 Å². The van der Waals surface area contributed by atoms with Crippen LogP contribution in [0.2, 0.25) is 0 Å². The zero-order valence-corrected chi connectivity index (χ0v) is 16.2. The van der Waals surface area contributed by atoms with Crippen molar-refractivity contribution in [3.8, 4) is 5.75 Å². The average molecular weight is 390 g/mol. The molecule has 1 saturated heterocycles. The van der Waals surface area contributed by atoms with Gasteiger partial charge in [-0.15, -0.1) is 0 Å². The molecule has 154 valence electrons. The van der Waals surface area contributed by atoms with Gasteiger partial charge in [0, 0.05) is 6.42 Å². The highest BCUT2D eigenvalue weighted by atomic mass is 16.7. The van der Waals surface area contributed by atoms with Crippen LogP contribution < -0.4 is 4.74 Å². The van der Waals surface area contributed by atoms with Gasteiger partial charge >= 0.3 is 5.97 Å². The number of para-hydroxylation sites is 1. The maximum atomic E-state index is 11.1. The van der Waals surface area contributed by atoms with Crippen LogP contribution in [0.15, 0.2) is 42.2 Å². The van der Waals surface area contributed by atoms with Gasteiger partial charge in [0.1, 0.15) is 18.1 Å². The number of hydrogen-bond acceptors (Lipinski definition) is 5. The van der Waals surface area contributed by atoms with Crippen LogP contribution in [0.4, 0.5) is 0 Å². The topological polar surface area (TPSA) is 85.2 Å². The Kier molecular flexibility index (Phi) is 7.74. The zero-order valence-electron chi connectivity index (χ0n) is 16.2. The molecular weight excluding hydrogens is 360 g/mol. The first-order chi connectivity index (χ1) is 13.6. The largest absolute Gasteiger partial charge is 0.486 e. The summed E-state index contributed by atoms with van der Waals surface area (Å²) in [5.74, 6) is 0.525. The van der Waals surface area contributed by atoms with Gasteiger partial charge in [-0.2, -0.15) is 0 Å². The molecule has 0 bridgehead atoms. The first kappa shape index (κ1) is 20.7. The molecule has 0 aromatic heterocycles. The van der Waals surface area contributed by atoms with Crippen LogP contribution in [0, 0.1) is 11.8 Å². The van der Waals surface area contributed by atoms with Crippen LogP contribution in [-0.4, -0.2) is 41.8 Å². The number of carbonyl (C=O) groups is 1. The number of benzene rings is 1. The van der Waals surface area contributed by atoms with Gasteiger partial charge in [0.25, 0.3) is 0 Å². The minimum absolute atomic E-state index is 0.00210. The Morgan fingerprint density at radius 2 is 2.00 bits per heavy atom. The second kappa shape index (κ2) is 10.5. The number of carboxylic acids is 1. The van der Waals surface area contributed by atoms with Crippen LogP contribution in [0.1, 0.15) is 44.9 Å². The Morgan fingerprint density at radius 3 is 2.71 bits per heavy atom. The number of hydrogen-bond donors (Lipinski definition) is 2. The van der Waals surface area contributed by atoms with E-state index in [2.05, 4.69) is 0 Å². The Labute approximate surface area is 166 Å². The van der Waals surface area contributed by atoms with E-state index in [4.69, 9.17) is 19.3 Å². The number of carboxylic acid groups (broad SMARTS) is 1.